The van der Waals surface area contributed by atoms with Gasteiger partial charge in [-0.25, -0.2) is 0 Å². The number of hydrogen-bond donors (Lipinski definition) is 1. The summed E-state index contributed by atoms with van der Waals surface area (Å²) in [6.45, 7) is 1.92. The highest BCUT2D eigenvalue weighted by atomic mass is 16.5. The van der Waals surface area contributed by atoms with Crippen LogP contribution in [0.1, 0.15) is 12.5 Å². The van der Waals surface area contributed by atoms with E-state index < -0.39 is 6.04 Å². The molecule has 0 saturated heterocycles. The van der Waals surface area contributed by atoms with E-state index in [1.54, 1.807) is 18.9 Å². The van der Waals surface area contributed by atoms with Gasteiger partial charge in [-0.05, 0) is 23.9 Å². The minimum Gasteiger partial charge on any atom is -0.483 e. The number of benzene rings is 3. The Bertz CT molecular complexity index is 951. The standard InChI is InChI=1S/C23H24N2O3/c1-17(23(27)24-2)25(15-18-9-4-3-5-10-18)22(26)16-28-21-14-8-12-19-11-6-7-13-20(19)21/h3-14,17H,15-16H2,1-2H3,(H,24,27)/t17-/m1/s1. The fraction of sp³-hybridized carbons (Fsp3) is 0.217. The van der Waals surface area contributed by atoms with Crippen molar-refractivity contribution in [1.29, 1.82) is 0 Å². The quantitative estimate of drug-likeness (QED) is 0.688. The predicted molar refractivity (Wildman–Crippen MR) is 110 cm³/mol. The molecule has 3 rings (SSSR count). The van der Waals surface area contributed by atoms with E-state index in [9.17, 15) is 9.59 Å². The van der Waals surface area contributed by atoms with Crippen LogP contribution in [0.3, 0.4) is 0 Å². The van der Waals surface area contributed by atoms with Gasteiger partial charge in [0.2, 0.25) is 5.91 Å². The average Bonchev–Trinajstić information content (AvgIpc) is 2.75. The molecule has 0 unspecified atom stereocenters. The monoisotopic (exact) mass is 376 g/mol. The molecule has 0 radical (unpaired) electrons. The molecule has 5 heteroatoms. The number of hydrogen-bond acceptors (Lipinski definition) is 3. The van der Waals surface area contributed by atoms with Gasteiger partial charge >= 0.3 is 0 Å². The summed E-state index contributed by atoms with van der Waals surface area (Å²) in [6.07, 6.45) is 0. The number of fused-ring (bicyclic) bond motifs is 1. The van der Waals surface area contributed by atoms with E-state index in [4.69, 9.17) is 4.74 Å². The Balaban J connectivity index is 1.77. The van der Waals surface area contributed by atoms with E-state index in [2.05, 4.69) is 5.32 Å². The summed E-state index contributed by atoms with van der Waals surface area (Å²) in [4.78, 5) is 26.6. The molecular formula is C23H24N2O3. The van der Waals surface area contributed by atoms with Crippen LogP contribution in [0, 0.1) is 0 Å². The van der Waals surface area contributed by atoms with Gasteiger partial charge in [-0.1, -0.05) is 66.7 Å². The van der Waals surface area contributed by atoms with Crippen LogP contribution in [0.25, 0.3) is 10.8 Å². The molecule has 0 bridgehead atoms. The molecule has 0 heterocycles. The molecule has 0 aliphatic rings. The van der Waals surface area contributed by atoms with Gasteiger partial charge in [-0.3, -0.25) is 9.59 Å². The predicted octanol–water partition coefficient (Wildman–Crippen LogP) is 3.38. The number of ether oxygens (including phenoxy) is 1. The van der Waals surface area contributed by atoms with Crippen molar-refractivity contribution in [2.75, 3.05) is 13.7 Å². The lowest BCUT2D eigenvalue weighted by Gasteiger charge is -2.28. The fourth-order valence-corrected chi connectivity index (χ4v) is 3.12. The van der Waals surface area contributed by atoms with E-state index in [1.807, 2.05) is 72.8 Å². The lowest BCUT2D eigenvalue weighted by atomic mass is 10.1. The van der Waals surface area contributed by atoms with E-state index in [0.29, 0.717) is 12.3 Å². The normalized spacial score (nSPS) is 11.6. The van der Waals surface area contributed by atoms with E-state index >= 15 is 0 Å². The third-order valence-electron chi connectivity index (χ3n) is 4.71. The minimum absolute atomic E-state index is 0.137. The summed E-state index contributed by atoms with van der Waals surface area (Å²) in [6, 6.07) is 22.6. The zero-order valence-corrected chi connectivity index (χ0v) is 16.1. The SMILES string of the molecule is CNC(=O)[C@@H](C)N(Cc1ccccc1)C(=O)COc1cccc2ccccc12. The van der Waals surface area contributed by atoms with Crippen molar-refractivity contribution in [3.8, 4) is 5.75 Å². The molecule has 0 spiro atoms. The van der Waals surface area contributed by atoms with E-state index in [1.165, 1.54) is 0 Å². The summed E-state index contributed by atoms with van der Waals surface area (Å²) in [7, 11) is 1.57. The maximum atomic E-state index is 12.9. The topological polar surface area (TPSA) is 58.6 Å². The zero-order chi connectivity index (χ0) is 19.9. The maximum absolute atomic E-state index is 12.9. The third-order valence-corrected chi connectivity index (χ3v) is 4.71. The van der Waals surface area contributed by atoms with Crippen LogP contribution < -0.4 is 10.1 Å². The van der Waals surface area contributed by atoms with E-state index in [0.717, 1.165) is 16.3 Å². The Hall–Kier alpha value is -3.34. The van der Waals surface area contributed by atoms with Crippen molar-refractivity contribution in [2.45, 2.75) is 19.5 Å². The fourth-order valence-electron chi connectivity index (χ4n) is 3.12. The Morgan fingerprint density at radius 1 is 0.964 bits per heavy atom. The first-order valence-corrected chi connectivity index (χ1v) is 9.25. The molecule has 0 aromatic heterocycles. The van der Waals surface area contributed by atoms with Gasteiger partial charge in [0.15, 0.2) is 6.61 Å². The van der Waals surface area contributed by atoms with Gasteiger partial charge < -0.3 is 15.0 Å². The molecule has 0 aliphatic carbocycles. The van der Waals surface area contributed by atoms with Crippen molar-refractivity contribution in [3.63, 3.8) is 0 Å². The molecule has 0 fully saturated rings. The van der Waals surface area contributed by atoms with Gasteiger partial charge in [0, 0.05) is 19.0 Å². The van der Waals surface area contributed by atoms with Crippen molar-refractivity contribution in [2.24, 2.45) is 0 Å². The number of amides is 2. The Morgan fingerprint density at radius 2 is 1.64 bits per heavy atom. The highest BCUT2D eigenvalue weighted by Gasteiger charge is 2.25. The van der Waals surface area contributed by atoms with Crippen LogP contribution in [0.2, 0.25) is 0 Å². The molecule has 144 valence electrons. The molecule has 3 aromatic rings. The second-order valence-corrected chi connectivity index (χ2v) is 6.56. The number of carbonyl (C=O) groups excluding carboxylic acids is 2. The summed E-state index contributed by atoms with van der Waals surface area (Å²) >= 11 is 0. The summed E-state index contributed by atoms with van der Waals surface area (Å²) < 4.78 is 5.84. The maximum Gasteiger partial charge on any atom is 0.261 e. The van der Waals surface area contributed by atoms with Gasteiger partial charge in [0.05, 0.1) is 0 Å². The Kier molecular flexibility index (Phi) is 6.27. The first kappa shape index (κ1) is 19.4. The van der Waals surface area contributed by atoms with E-state index in [-0.39, 0.29) is 18.4 Å². The Labute approximate surface area is 164 Å². The average molecular weight is 376 g/mol. The smallest absolute Gasteiger partial charge is 0.261 e. The number of carbonyl (C=O) groups is 2. The largest absolute Gasteiger partial charge is 0.483 e. The molecule has 3 aromatic carbocycles. The molecule has 2 amide bonds. The van der Waals surface area contributed by atoms with Crippen LogP contribution in [-0.4, -0.2) is 36.4 Å². The van der Waals surface area contributed by atoms with Gasteiger partial charge in [-0.2, -0.15) is 0 Å². The van der Waals surface area contributed by atoms with Gasteiger partial charge in [0.25, 0.3) is 5.91 Å². The first-order chi connectivity index (χ1) is 13.6. The van der Waals surface area contributed by atoms with Crippen molar-refractivity contribution in [1.82, 2.24) is 10.2 Å². The summed E-state index contributed by atoms with van der Waals surface area (Å²) in [5.41, 5.74) is 0.955. The highest BCUT2D eigenvalue weighted by molar-refractivity contribution is 5.90. The summed E-state index contributed by atoms with van der Waals surface area (Å²) in [5.74, 6) is 0.195. The molecule has 0 aliphatic heterocycles. The molecule has 1 N–H and O–H groups in total. The molecule has 28 heavy (non-hydrogen) atoms. The number of nitrogens with zero attached hydrogens (tertiary/aromatic N) is 1. The van der Waals surface area contributed by atoms with Crippen LogP contribution in [0.4, 0.5) is 0 Å². The van der Waals surface area contributed by atoms with Gasteiger partial charge in [-0.15, -0.1) is 0 Å². The van der Waals surface area contributed by atoms with Crippen LogP contribution in [-0.2, 0) is 16.1 Å². The van der Waals surface area contributed by atoms with Gasteiger partial charge in [0.1, 0.15) is 11.8 Å². The zero-order valence-electron chi connectivity index (χ0n) is 16.1. The molecule has 1 atom stereocenters. The van der Waals surface area contributed by atoms with Crippen LogP contribution in [0.15, 0.2) is 72.8 Å². The first-order valence-electron chi connectivity index (χ1n) is 9.25. The molecule has 5 nitrogen and oxygen atoms in total. The Morgan fingerprint density at radius 3 is 2.39 bits per heavy atom. The molecule has 0 saturated carbocycles. The van der Waals surface area contributed by atoms with Crippen LogP contribution >= 0.6 is 0 Å². The van der Waals surface area contributed by atoms with Crippen molar-refractivity contribution < 1.29 is 14.3 Å². The number of rotatable bonds is 7. The second kappa shape index (κ2) is 9.04. The number of likely N-dealkylation sites (N-methyl/N-ethyl adjacent to an activating group) is 1. The third kappa shape index (κ3) is 4.49. The van der Waals surface area contributed by atoms with Crippen LogP contribution in [0.5, 0.6) is 5.75 Å². The molecular weight excluding hydrogens is 352 g/mol. The summed E-state index contributed by atoms with van der Waals surface area (Å²) in [5, 5.41) is 4.61. The van der Waals surface area contributed by atoms with Crippen molar-refractivity contribution in [3.05, 3.63) is 78.4 Å². The lowest BCUT2D eigenvalue weighted by Crippen LogP contribution is -2.48. The second-order valence-electron chi connectivity index (χ2n) is 6.56. The van der Waals surface area contributed by atoms with Crippen molar-refractivity contribution >= 4 is 22.6 Å². The minimum atomic E-state index is -0.603. The highest BCUT2D eigenvalue weighted by Crippen LogP contribution is 2.25. The lowest BCUT2D eigenvalue weighted by molar-refractivity contribution is -0.142. The number of nitrogens with one attached hydrogen (secondary N) is 1.